The molecule has 0 fully saturated rings. The van der Waals surface area contributed by atoms with Gasteiger partial charge in [-0.1, -0.05) is 41.9 Å². The fourth-order valence-corrected chi connectivity index (χ4v) is 2.56. The van der Waals surface area contributed by atoms with Crippen molar-refractivity contribution in [2.45, 2.75) is 13.3 Å². The van der Waals surface area contributed by atoms with Gasteiger partial charge in [0.15, 0.2) is 0 Å². The van der Waals surface area contributed by atoms with Crippen LogP contribution in [0.3, 0.4) is 0 Å². The highest BCUT2D eigenvalue weighted by molar-refractivity contribution is 6.31. The van der Waals surface area contributed by atoms with Crippen molar-refractivity contribution in [3.8, 4) is 11.6 Å². The molecule has 0 unspecified atom stereocenters. The number of carbonyl (C=O) groups excluding carboxylic acids is 1. The van der Waals surface area contributed by atoms with E-state index >= 15 is 0 Å². The van der Waals surface area contributed by atoms with Gasteiger partial charge in [-0.15, -0.1) is 0 Å². The summed E-state index contributed by atoms with van der Waals surface area (Å²) in [5.74, 6) is -0.536. The summed E-state index contributed by atoms with van der Waals surface area (Å²) in [4.78, 5) is 30.6. The lowest BCUT2D eigenvalue weighted by Gasteiger charge is -2.11. The number of halogens is 1. The molecule has 2 N–H and O–H groups in total. The van der Waals surface area contributed by atoms with Gasteiger partial charge in [0.05, 0.1) is 11.3 Å². The molecule has 0 spiro atoms. The maximum Gasteiger partial charge on any atom is 0.374 e. The SMILES string of the molecule is Cc1cc(Oc2ncnc(NNC(=O)Cc3ccccc3)c2[N+](=O)[O-])ccc1Cl. The van der Waals surface area contributed by atoms with E-state index in [1.807, 2.05) is 18.2 Å². The van der Waals surface area contributed by atoms with Crippen LogP contribution in [-0.4, -0.2) is 20.8 Å². The number of nitrogens with zero attached hydrogens (tertiary/aromatic N) is 3. The van der Waals surface area contributed by atoms with Crippen LogP contribution in [0.15, 0.2) is 54.9 Å². The first-order chi connectivity index (χ1) is 13.9. The van der Waals surface area contributed by atoms with Gasteiger partial charge in [0.2, 0.25) is 11.7 Å². The fraction of sp³-hybridized carbons (Fsp3) is 0.105. The Labute approximate surface area is 170 Å². The van der Waals surface area contributed by atoms with E-state index in [1.165, 1.54) is 0 Å². The largest absolute Gasteiger partial charge is 0.434 e. The van der Waals surface area contributed by atoms with Gasteiger partial charge >= 0.3 is 11.6 Å². The smallest absolute Gasteiger partial charge is 0.374 e. The van der Waals surface area contributed by atoms with Crippen molar-refractivity contribution in [2.24, 2.45) is 0 Å². The van der Waals surface area contributed by atoms with Crippen molar-refractivity contribution < 1.29 is 14.5 Å². The molecule has 29 heavy (non-hydrogen) atoms. The number of aromatic nitrogens is 2. The number of amides is 1. The Morgan fingerprint density at radius 1 is 1.21 bits per heavy atom. The Morgan fingerprint density at radius 2 is 1.97 bits per heavy atom. The van der Waals surface area contributed by atoms with Crippen LogP contribution in [0.1, 0.15) is 11.1 Å². The van der Waals surface area contributed by atoms with Crippen molar-refractivity contribution in [3.05, 3.63) is 81.1 Å². The highest BCUT2D eigenvalue weighted by Crippen LogP contribution is 2.34. The third-order valence-corrected chi connectivity index (χ3v) is 4.27. The maximum absolute atomic E-state index is 12.1. The molecule has 9 nitrogen and oxygen atoms in total. The number of nitrogens with one attached hydrogen (secondary N) is 2. The predicted octanol–water partition coefficient (Wildman–Crippen LogP) is 3.82. The van der Waals surface area contributed by atoms with Gasteiger partial charge in [0.1, 0.15) is 12.1 Å². The Bertz CT molecular complexity index is 1050. The molecule has 1 heterocycles. The Kier molecular flexibility index (Phi) is 6.20. The second-order valence-corrected chi connectivity index (χ2v) is 6.39. The number of hydrogen-bond donors (Lipinski definition) is 2. The first-order valence-electron chi connectivity index (χ1n) is 8.46. The number of nitro groups is 1. The van der Waals surface area contributed by atoms with Gasteiger partial charge in [-0.2, -0.15) is 4.98 Å². The van der Waals surface area contributed by atoms with Crippen LogP contribution >= 0.6 is 11.6 Å². The maximum atomic E-state index is 12.1. The fourth-order valence-electron chi connectivity index (χ4n) is 2.44. The van der Waals surface area contributed by atoms with Gasteiger partial charge in [-0.3, -0.25) is 25.8 Å². The Hall–Kier alpha value is -3.72. The average molecular weight is 414 g/mol. The molecule has 0 aliphatic carbocycles. The number of aryl methyl sites for hydroxylation is 1. The van der Waals surface area contributed by atoms with E-state index in [4.69, 9.17) is 16.3 Å². The minimum atomic E-state index is -0.691. The summed E-state index contributed by atoms with van der Waals surface area (Å²) in [6, 6.07) is 13.9. The lowest BCUT2D eigenvalue weighted by Crippen LogP contribution is -2.31. The van der Waals surface area contributed by atoms with E-state index in [0.29, 0.717) is 10.8 Å². The highest BCUT2D eigenvalue weighted by atomic mass is 35.5. The summed E-state index contributed by atoms with van der Waals surface area (Å²) in [5.41, 5.74) is 5.89. The lowest BCUT2D eigenvalue weighted by atomic mass is 10.1. The van der Waals surface area contributed by atoms with Crippen LogP contribution in [-0.2, 0) is 11.2 Å². The molecule has 1 aromatic heterocycles. The highest BCUT2D eigenvalue weighted by Gasteiger charge is 2.25. The van der Waals surface area contributed by atoms with Gasteiger partial charge in [0, 0.05) is 5.02 Å². The Morgan fingerprint density at radius 3 is 2.66 bits per heavy atom. The van der Waals surface area contributed by atoms with Gasteiger partial charge in [-0.05, 0) is 36.2 Å². The minimum absolute atomic E-state index is 0.0974. The number of benzene rings is 2. The number of ether oxygens (including phenoxy) is 1. The number of anilines is 1. The zero-order valence-corrected chi connectivity index (χ0v) is 16.0. The summed E-state index contributed by atoms with van der Waals surface area (Å²) in [6.07, 6.45) is 1.19. The summed E-state index contributed by atoms with van der Waals surface area (Å²) in [6.45, 7) is 1.78. The van der Waals surface area contributed by atoms with Crippen LogP contribution in [0, 0.1) is 17.0 Å². The van der Waals surface area contributed by atoms with E-state index in [2.05, 4.69) is 20.8 Å². The van der Waals surface area contributed by atoms with E-state index in [1.54, 1.807) is 37.3 Å². The second-order valence-electron chi connectivity index (χ2n) is 5.98. The topological polar surface area (TPSA) is 119 Å². The monoisotopic (exact) mass is 413 g/mol. The van der Waals surface area contributed by atoms with Crippen LogP contribution < -0.4 is 15.6 Å². The van der Waals surface area contributed by atoms with Crippen LogP contribution in [0.5, 0.6) is 11.6 Å². The molecule has 1 amide bonds. The molecule has 0 aliphatic heterocycles. The molecular formula is C19H16ClN5O4. The van der Waals surface area contributed by atoms with Crippen molar-refractivity contribution in [3.63, 3.8) is 0 Å². The number of carbonyl (C=O) groups is 1. The molecule has 0 saturated carbocycles. The molecule has 3 rings (SSSR count). The predicted molar refractivity (Wildman–Crippen MR) is 107 cm³/mol. The van der Waals surface area contributed by atoms with Gasteiger partial charge in [0.25, 0.3) is 0 Å². The van der Waals surface area contributed by atoms with Gasteiger partial charge < -0.3 is 4.74 Å². The number of rotatable bonds is 7. The molecule has 0 saturated heterocycles. The van der Waals surface area contributed by atoms with E-state index in [-0.39, 0.29) is 24.0 Å². The molecule has 0 aliphatic rings. The summed E-state index contributed by atoms with van der Waals surface area (Å²) in [7, 11) is 0. The van der Waals surface area contributed by atoms with Crippen LogP contribution in [0.2, 0.25) is 5.02 Å². The van der Waals surface area contributed by atoms with E-state index < -0.39 is 10.6 Å². The molecule has 0 radical (unpaired) electrons. The summed E-state index contributed by atoms with van der Waals surface area (Å²) < 4.78 is 5.55. The zero-order valence-electron chi connectivity index (χ0n) is 15.3. The molecule has 10 heteroatoms. The van der Waals surface area contributed by atoms with Crippen LogP contribution in [0.25, 0.3) is 0 Å². The first-order valence-corrected chi connectivity index (χ1v) is 8.84. The Balaban J connectivity index is 1.76. The van der Waals surface area contributed by atoms with Gasteiger partial charge in [-0.25, -0.2) is 4.98 Å². The quantitative estimate of drug-likeness (QED) is 0.446. The van der Waals surface area contributed by atoms with Crippen molar-refractivity contribution in [1.82, 2.24) is 15.4 Å². The zero-order chi connectivity index (χ0) is 20.8. The summed E-state index contributed by atoms with van der Waals surface area (Å²) >= 11 is 5.98. The lowest BCUT2D eigenvalue weighted by molar-refractivity contribution is -0.385. The van der Waals surface area contributed by atoms with Crippen molar-refractivity contribution >= 4 is 29.0 Å². The minimum Gasteiger partial charge on any atom is -0.434 e. The summed E-state index contributed by atoms with van der Waals surface area (Å²) in [5, 5.41) is 12.1. The molecule has 3 aromatic rings. The third-order valence-electron chi connectivity index (χ3n) is 3.84. The number of hydrazine groups is 1. The van der Waals surface area contributed by atoms with Crippen molar-refractivity contribution in [2.75, 3.05) is 5.43 Å². The first kappa shape index (κ1) is 20.0. The molecule has 148 valence electrons. The van der Waals surface area contributed by atoms with E-state index in [9.17, 15) is 14.9 Å². The van der Waals surface area contributed by atoms with Crippen molar-refractivity contribution in [1.29, 1.82) is 0 Å². The normalized spacial score (nSPS) is 10.3. The molecular weight excluding hydrogens is 398 g/mol. The van der Waals surface area contributed by atoms with Crippen LogP contribution in [0.4, 0.5) is 11.5 Å². The second kappa shape index (κ2) is 8.98. The molecule has 2 aromatic carbocycles. The average Bonchev–Trinajstić information content (AvgIpc) is 2.70. The standard InChI is InChI=1S/C19H16ClN5O4/c1-12-9-14(7-8-15(12)20)29-19-17(25(27)28)18(21-11-22-19)24-23-16(26)10-13-5-3-2-4-6-13/h2-9,11H,10H2,1H3,(H,23,26)(H,21,22,24). The third kappa shape index (κ3) is 5.17. The molecule has 0 bridgehead atoms. The molecule has 0 atom stereocenters. The van der Waals surface area contributed by atoms with E-state index in [0.717, 1.165) is 17.5 Å². The number of hydrogen-bond acceptors (Lipinski definition) is 7.